The number of hydrogen-bond donors (Lipinski definition) is 2. The number of aromatic nitrogens is 2. The Morgan fingerprint density at radius 2 is 2.11 bits per heavy atom. The summed E-state index contributed by atoms with van der Waals surface area (Å²) in [6.45, 7) is 9.93. The van der Waals surface area contributed by atoms with Crippen molar-refractivity contribution in [3.05, 3.63) is 18.2 Å². The van der Waals surface area contributed by atoms with Gasteiger partial charge in [0.2, 0.25) is 0 Å². The van der Waals surface area contributed by atoms with Crippen LogP contribution in [0.1, 0.15) is 51.9 Å². The van der Waals surface area contributed by atoms with Crippen molar-refractivity contribution in [3.63, 3.8) is 0 Å². The minimum atomic E-state index is 0.0174. The minimum absolute atomic E-state index is 0.0174. The number of hydrazine groups is 1. The highest BCUT2D eigenvalue weighted by molar-refractivity contribution is 5.09. The number of nitrogens with one attached hydrogen (secondary N) is 1. The van der Waals surface area contributed by atoms with Gasteiger partial charge in [-0.05, 0) is 46.2 Å². The molecule has 0 aliphatic carbocycles. The molecule has 2 unspecified atom stereocenters. The Balaban J connectivity index is 2.32. The summed E-state index contributed by atoms with van der Waals surface area (Å²) in [6.07, 6.45) is 7.52. The highest BCUT2D eigenvalue weighted by Crippen LogP contribution is 2.35. The van der Waals surface area contributed by atoms with Crippen LogP contribution < -0.4 is 11.3 Å². The first-order chi connectivity index (χ1) is 9.17. The van der Waals surface area contributed by atoms with Crippen molar-refractivity contribution in [3.8, 4) is 0 Å². The fraction of sp³-hybridized carbons (Fsp3) is 0.786. The zero-order valence-electron chi connectivity index (χ0n) is 12.4. The van der Waals surface area contributed by atoms with Gasteiger partial charge < -0.3 is 4.57 Å². The van der Waals surface area contributed by atoms with Gasteiger partial charge in [0.1, 0.15) is 5.82 Å². The first-order valence-electron chi connectivity index (χ1n) is 7.39. The SMILES string of the molecule is CCn1ccnc1C(NN)C(C)(CC)N1CCCC1. The van der Waals surface area contributed by atoms with Crippen molar-refractivity contribution in [2.75, 3.05) is 13.1 Å². The molecule has 1 aliphatic heterocycles. The van der Waals surface area contributed by atoms with E-state index in [9.17, 15) is 0 Å². The molecule has 108 valence electrons. The molecule has 0 saturated carbocycles. The summed E-state index contributed by atoms with van der Waals surface area (Å²) in [5.41, 5.74) is 3.04. The van der Waals surface area contributed by atoms with Gasteiger partial charge >= 0.3 is 0 Å². The molecule has 0 amide bonds. The van der Waals surface area contributed by atoms with E-state index in [4.69, 9.17) is 5.84 Å². The molecule has 0 spiro atoms. The molecule has 0 bridgehead atoms. The molecular weight excluding hydrogens is 238 g/mol. The predicted molar refractivity (Wildman–Crippen MR) is 77.5 cm³/mol. The molecule has 1 aromatic rings. The molecule has 2 rings (SSSR count). The van der Waals surface area contributed by atoms with Crippen LogP contribution in [0.3, 0.4) is 0 Å². The quantitative estimate of drug-likeness (QED) is 0.607. The van der Waals surface area contributed by atoms with Crippen LogP contribution in [0.15, 0.2) is 12.4 Å². The van der Waals surface area contributed by atoms with E-state index in [1.807, 2.05) is 12.4 Å². The molecule has 1 fully saturated rings. The third kappa shape index (κ3) is 2.55. The van der Waals surface area contributed by atoms with Crippen molar-refractivity contribution in [2.45, 2.75) is 58.2 Å². The van der Waals surface area contributed by atoms with Crippen LogP contribution >= 0.6 is 0 Å². The van der Waals surface area contributed by atoms with Crippen LogP contribution in [-0.4, -0.2) is 33.1 Å². The Morgan fingerprint density at radius 1 is 1.42 bits per heavy atom. The maximum Gasteiger partial charge on any atom is 0.129 e. The minimum Gasteiger partial charge on any atom is -0.334 e. The fourth-order valence-electron chi connectivity index (χ4n) is 3.22. The van der Waals surface area contributed by atoms with Crippen molar-refractivity contribution in [1.29, 1.82) is 0 Å². The number of rotatable bonds is 6. The molecule has 5 heteroatoms. The van der Waals surface area contributed by atoms with Gasteiger partial charge in [0.15, 0.2) is 0 Å². The molecule has 3 N–H and O–H groups in total. The zero-order valence-corrected chi connectivity index (χ0v) is 12.4. The molecule has 1 aliphatic rings. The third-order valence-corrected chi connectivity index (χ3v) is 4.68. The summed E-state index contributed by atoms with van der Waals surface area (Å²) >= 11 is 0. The lowest BCUT2D eigenvalue weighted by atomic mass is 9.87. The van der Waals surface area contributed by atoms with Crippen molar-refractivity contribution >= 4 is 0 Å². The topological polar surface area (TPSA) is 59.1 Å². The lowest BCUT2D eigenvalue weighted by Crippen LogP contribution is -2.55. The second-order valence-corrected chi connectivity index (χ2v) is 5.58. The number of imidazole rings is 1. The Hall–Kier alpha value is -0.910. The van der Waals surface area contributed by atoms with Crippen LogP contribution in [0.25, 0.3) is 0 Å². The molecule has 0 radical (unpaired) electrons. The molecule has 1 saturated heterocycles. The van der Waals surface area contributed by atoms with Crippen LogP contribution in [0.5, 0.6) is 0 Å². The van der Waals surface area contributed by atoms with Gasteiger partial charge in [0.25, 0.3) is 0 Å². The number of aryl methyl sites for hydroxylation is 1. The molecule has 2 atom stereocenters. The molecular formula is C14H27N5. The van der Waals surface area contributed by atoms with E-state index in [0.29, 0.717) is 0 Å². The van der Waals surface area contributed by atoms with E-state index in [-0.39, 0.29) is 11.6 Å². The molecule has 2 heterocycles. The molecule has 1 aromatic heterocycles. The summed E-state index contributed by atoms with van der Waals surface area (Å²) in [5, 5.41) is 0. The predicted octanol–water partition coefficient (Wildman–Crippen LogP) is 1.67. The summed E-state index contributed by atoms with van der Waals surface area (Å²) in [6, 6.07) is 0.0607. The third-order valence-electron chi connectivity index (χ3n) is 4.68. The summed E-state index contributed by atoms with van der Waals surface area (Å²) in [5.74, 6) is 6.93. The molecule has 19 heavy (non-hydrogen) atoms. The van der Waals surface area contributed by atoms with Crippen molar-refractivity contribution in [2.24, 2.45) is 5.84 Å². The first kappa shape index (κ1) is 14.5. The second-order valence-electron chi connectivity index (χ2n) is 5.58. The highest BCUT2D eigenvalue weighted by atomic mass is 15.3. The maximum atomic E-state index is 5.89. The Labute approximate surface area is 116 Å². The maximum absolute atomic E-state index is 5.89. The Kier molecular flexibility index (Phi) is 4.60. The van der Waals surface area contributed by atoms with Gasteiger partial charge in [-0.1, -0.05) is 6.92 Å². The lowest BCUT2D eigenvalue weighted by molar-refractivity contribution is 0.0789. The average molecular weight is 265 g/mol. The van der Waals surface area contributed by atoms with Crippen LogP contribution in [-0.2, 0) is 6.54 Å². The van der Waals surface area contributed by atoms with Crippen LogP contribution in [0, 0.1) is 0 Å². The van der Waals surface area contributed by atoms with Crippen LogP contribution in [0.4, 0.5) is 0 Å². The van der Waals surface area contributed by atoms with Gasteiger partial charge in [-0.15, -0.1) is 0 Å². The van der Waals surface area contributed by atoms with Gasteiger partial charge in [-0.2, -0.15) is 0 Å². The van der Waals surface area contributed by atoms with Crippen molar-refractivity contribution in [1.82, 2.24) is 19.9 Å². The monoisotopic (exact) mass is 265 g/mol. The summed E-state index contributed by atoms with van der Waals surface area (Å²) < 4.78 is 2.18. The fourth-order valence-corrected chi connectivity index (χ4v) is 3.22. The van der Waals surface area contributed by atoms with Gasteiger partial charge in [-0.3, -0.25) is 10.7 Å². The highest BCUT2D eigenvalue weighted by Gasteiger charge is 2.41. The van der Waals surface area contributed by atoms with Crippen LogP contribution in [0.2, 0.25) is 0 Å². The Morgan fingerprint density at radius 3 is 2.63 bits per heavy atom. The number of nitrogens with zero attached hydrogens (tertiary/aromatic N) is 3. The smallest absolute Gasteiger partial charge is 0.129 e. The van der Waals surface area contributed by atoms with Gasteiger partial charge in [0.05, 0.1) is 6.04 Å². The summed E-state index contributed by atoms with van der Waals surface area (Å²) in [4.78, 5) is 7.10. The van der Waals surface area contributed by atoms with E-state index in [1.54, 1.807) is 0 Å². The number of nitrogens with two attached hydrogens (primary N) is 1. The van der Waals surface area contributed by atoms with E-state index < -0.39 is 0 Å². The largest absolute Gasteiger partial charge is 0.334 e. The van der Waals surface area contributed by atoms with E-state index in [2.05, 4.69) is 40.6 Å². The molecule has 0 aromatic carbocycles. The normalized spacial score (nSPS) is 21.5. The standard InChI is InChI=1S/C14H27N5/c1-4-14(3,19-9-6-7-10-19)12(17-15)13-16-8-11-18(13)5-2/h8,11-12,17H,4-7,9-10,15H2,1-3H3. The second kappa shape index (κ2) is 6.03. The number of likely N-dealkylation sites (tertiary alicyclic amines) is 1. The first-order valence-corrected chi connectivity index (χ1v) is 7.39. The lowest BCUT2D eigenvalue weighted by Gasteiger charge is -2.43. The van der Waals surface area contributed by atoms with Gasteiger partial charge in [-0.25, -0.2) is 10.4 Å². The average Bonchev–Trinajstić information content (AvgIpc) is 3.10. The van der Waals surface area contributed by atoms with Crippen molar-refractivity contribution < 1.29 is 0 Å². The summed E-state index contributed by atoms with van der Waals surface area (Å²) in [7, 11) is 0. The molecule has 5 nitrogen and oxygen atoms in total. The van der Waals surface area contributed by atoms with E-state index >= 15 is 0 Å². The Bertz CT molecular complexity index is 396. The van der Waals surface area contributed by atoms with E-state index in [1.165, 1.54) is 12.8 Å². The number of hydrogen-bond acceptors (Lipinski definition) is 4. The van der Waals surface area contributed by atoms with E-state index in [0.717, 1.165) is 31.9 Å². The van der Waals surface area contributed by atoms with Gasteiger partial charge in [0, 0.05) is 24.5 Å². The zero-order chi connectivity index (χ0) is 13.9.